The molecule has 2 aliphatic rings. The molecule has 2 N–H and O–H groups in total. The van der Waals surface area contributed by atoms with Crippen LogP contribution in [0.25, 0.3) is 0 Å². The molecule has 1 aromatic rings. The zero-order valence-electron chi connectivity index (χ0n) is 9.50. The predicted molar refractivity (Wildman–Crippen MR) is 68.4 cm³/mol. The summed E-state index contributed by atoms with van der Waals surface area (Å²) in [5.41, 5.74) is 1.90. The first-order chi connectivity index (χ1) is 8.27. The van der Waals surface area contributed by atoms with Gasteiger partial charge in [-0.15, -0.1) is 0 Å². The summed E-state index contributed by atoms with van der Waals surface area (Å²) < 4.78 is 0. The lowest BCUT2D eigenvalue weighted by Crippen LogP contribution is -2.33. The first-order valence-corrected chi connectivity index (χ1v) is 6.45. The van der Waals surface area contributed by atoms with E-state index in [9.17, 15) is 4.79 Å². The third-order valence-corrected chi connectivity index (χ3v) is 4.09. The van der Waals surface area contributed by atoms with Crippen LogP contribution in [0.4, 0.5) is 5.69 Å². The average Bonchev–Trinajstić information content (AvgIpc) is 2.68. The Morgan fingerprint density at radius 1 is 1.24 bits per heavy atom. The van der Waals surface area contributed by atoms with Crippen LogP contribution in [0.1, 0.15) is 24.3 Å². The van der Waals surface area contributed by atoms with E-state index in [2.05, 4.69) is 10.6 Å². The number of carbonyl (C=O) groups excluding carboxylic acids is 1. The normalized spacial score (nSPS) is 24.5. The van der Waals surface area contributed by atoms with Gasteiger partial charge in [-0.2, -0.15) is 0 Å². The topological polar surface area (TPSA) is 41.1 Å². The van der Waals surface area contributed by atoms with E-state index in [0.29, 0.717) is 10.9 Å². The second-order valence-electron chi connectivity index (χ2n) is 4.76. The number of halogens is 1. The Morgan fingerprint density at radius 2 is 2.00 bits per heavy atom. The van der Waals surface area contributed by atoms with Crippen molar-refractivity contribution in [2.24, 2.45) is 5.92 Å². The molecule has 2 heterocycles. The van der Waals surface area contributed by atoms with Crippen molar-refractivity contribution < 1.29 is 4.79 Å². The molecular formula is C13H15ClN2O. The molecule has 0 spiro atoms. The van der Waals surface area contributed by atoms with Crippen molar-refractivity contribution in [3.05, 3.63) is 28.8 Å². The van der Waals surface area contributed by atoms with Crippen molar-refractivity contribution in [1.82, 2.24) is 5.32 Å². The lowest BCUT2D eigenvalue weighted by atomic mass is 9.81. The standard InChI is InChI=1S/C13H15ClN2O/c14-9-2-1-3-10-12(9)11(13(17)16-10)8-4-6-15-7-5-8/h1-3,8,11,15H,4-7H2,(H,16,17). The highest BCUT2D eigenvalue weighted by molar-refractivity contribution is 6.32. The van der Waals surface area contributed by atoms with Crippen LogP contribution in [0.15, 0.2) is 18.2 Å². The van der Waals surface area contributed by atoms with Gasteiger partial charge in [-0.25, -0.2) is 0 Å². The number of carbonyl (C=O) groups is 1. The highest BCUT2D eigenvalue weighted by Gasteiger charge is 2.38. The van der Waals surface area contributed by atoms with Gasteiger partial charge in [-0.1, -0.05) is 17.7 Å². The predicted octanol–water partition coefficient (Wildman–Crippen LogP) is 2.38. The molecule has 1 atom stereocenters. The molecular weight excluding hydrogens is 236 g/mol. The van der Waals surface area contributed by atoms with Gasteiger partial charge >= 0.3 is 0 Å². The fraction of sp³-hybridized carbons (Fsp3) is 0.462. The molecule has 1 saturated heterocycles. The SMILES string of the molecule is O=C1Nc2cccc(Cl)c2C1C1CCNCC1. The molecule has 17 heavy (non-hydrogen) atoms. The molecule has 1 aromatic carbocycles. The number of nitrogens with one attached hydrogen (secondary N) is 2. The first-order valence-electron chi connectivity index (χ1n) is 6.07. The number of hydrogen-bond acceptors (Lipinski definition) is 2. The van der Waals surface area contributed by atoms with E-state index < -0.39 is 0 Å². The van der Waals surface area contributed by atoms with Gasteiger partial charge in [0.2, 0.25) is 5.91 Å². The molecule has 3 rings (SSSR count). The third-order valence-electron chi connectivity index (χ3n) is 3.76. The molecule has 0 saturated carbocycles. The summed E-state index contributed by atoms with van der Waals surface area (Å²) in [7, 11) is 0. The Bertz CT molecular complexity index is 455. The number of benzene rings is 1. The second kappa shape index (κ2) is 4.31. The maximum atomic E-state index is 12.1. The zero-order valence-corrected chi connectivity index (χ0v) is 10.3. The third kappa shape index (κ3) is 1.83. The van der Waals surface area contributed by atoms with Crippen LogP contribution in [-0.2, 0) is 4.79 Å². The van der Waals surface area contributed by atoms with Crippen LogP contribution in [0.5, 0.6) is 0 Å². The fourth-order valence-corrected chi connectivity index (χ4v) is 3.22. The van der Waals surface area contributed by atoms with Crippen LogP contribution < -0.4 is 10.6 Å². The first kappa shape index (κ1) is 11.1. The summed E-state index contributed by atoms with van der Waals surface area (Å²) >= 11 is 6.24. The molecule has 2 aliphatic heterocycles. The lowest BCUT2D eigenvalue weighted by molar-refractivity contribution is -0.118. The van der Waals surface area contributed by atoms with E-state index in [1.165, 1.54) is 0 Å². The quantitative estimate of drug-likeness (QED) is 0.804. The van der Waals surface area contributed by atoms with E-state index in [0.717, 1.165) is 37.2 Å². The largest absolute Gasteiger partial charge is 0.325 e. The molecule has 3 nitrogen and oxygen atoms in total. The van der Waals surface area contributed by atoms with Crippen molar-refractivity contribution in [1.29, 1.82) is 0 Å². The average molecular weight is 251 g/mol. The summed E-state index contributed by atoms with van der Waals surface area (Å²) in [5, 5.41) is 6.98. The maximum Gasteiger partial charge on any atom is 0.232 e. The molecule has 1 amide bonds. The van der Waals surface area contributed by atoms with Gasteiger partial charge in [-0.3, -0.25) is 4.79 Å². The van der Waals surface area contributed by atoms with Gasteiger partial charge in [0.05, 0.1) is 5.92 Å². The molecule has 0 aromatic heterocycles. The van der Waals surface area contributed by atoms with Crippen LogP contribution >= 0.6 is 11.6 Å². The zero-order chi connectivity index (χ0) is 11.8. The fourth-order valence-electron chi connectivity index (χ4n) is 2.93. The summed E-state index contributed by atoms with van der Waals surface area (Å²) in [6.07, 6.45) is 2.09. The molecule has 4 heteroatoms. The number of fused-ring (bicyclic) bond motifs is 1. The summed E-state index contributed by atoms with van der Waals surface area (Å²) in [4.78, 5) is 12.1. The minimum Gasteiger partial charge on any atom is -0.325 e. The van der Waals surface area contributed by atoms with Crippen molar-refractivity contribution in [2.45, 2.75) is 18.8 Å². The molecule has 1 fully saturated rings. The van der Waals surface area contributed by atoms with Crippen molar-refractivity contribution in [2.75, 3.05) is 18.4 Å². The van der Waals surface area contributed by atoms with Gasteiger partial charge in [0.1, 0.15) is 0 Å². The monoisotopic (exact) mass is 250 g/mol. The van der Waals surface area contributed by atoms with E-state index >= 15 is 0 Å². The molecule has 1 unspecified atom stereocenters. The van der Waals surface area contributed by atoms with E-state index in [4.69, 9.17) is 11.6 Å². The van der Waals surface area contributed by atoms with Crippen LogP contribution in [0.2, 0.25) is 5.02 Å². The highest BCUT2D eigenvalue weighted by Crippen LogP contribution is 2.43. The Balaban J connectivity index is 1.98. The van der Waals surface area contributed by atoms with Crippen LogP contribution in [0, 0.1) is 5.92 Å². The lowest BCUT2D eigenvalue weighted by Gasteiger charge is -2.27. The smallest absolute Gasteiger partial charge is 0.232 e. The Morgan fingerprint density at radius 3 is 2.76 bits per heavy atom. The number of rotatable bonds is 1. The molecule has 0 radical (unpaired) electrons. The van der Waals surface area contributed by atoms with Gasteiger partial charge in [0.25, 0.3) is 0 Å². The highest BCUT2D eigenvalue weighted by atomic mass is 35.5. The minimum atomic E-state index is -0.0548. The van der Waals surface area contributed by atoms with Crippen molar-refractivity contribution in [3.8, 4) is 0 Å². The number of hydrogen-bond donors (Lipinski definition) is 2. The van der Waals surface area contributed by atoms with Crippen LogP contribution in [-0.4, -0.2) is 19.0 Å². The van der Waals surface area contributed by atoms with Crippen LogP contribution in [0.3, 0.4) is 0 Å². The van der Waals surface area contributed by atoms with E-state index in [1.54, 1.807) is 0 Å². The second-order valence-corrected chi connectivity index (χ2v) is 5.16. The summed E-state index contributed by atoms with van der Waals surface area (Å²) in [6, 6.07) is 5.68. The molecule has 90 valence electrons. The maximum absolute atomic E-state index is 12.1. The summed E-state index contributed by atoms with van der Waals surface area (Å²) in [5.74, 6) is 0.471. The Kier molecular flexibility index (Phi) is 2.81. The number of amides is 1. The number of anilines is 1. The van der Waals surface area contributed by atoms with E-state index in [1.807, 2.05) is 18.2 Å². The van der Waals surface area contributed by atoms with Gasteiger partial charge in [0.15, 0.2) is 0 Å². The summed E-state index contributed by atoms with van der Waals surface area (Å²) in [6.45, 7) is 1.99. The van der Waals surface area contributed by atoms with E-state index in [-0.39, 0.29) is 11.8 Å². The minimum absolute atomic E-state index is 0.0548. The van der Waals surface area contributed by atoms with Gasteiger partial charge in [-0.05, 0) is 44.0 Å². The number of piperidine rings is 1. The molecule has 0 bridgehead atoms. The Labute approximate surface area is 106 Å². The van der Waals surface area contributed by atoms with Gasteiger partial charge < -0.3 is 10.6 Å². The van der Waals surface area contributed by atoms with Gasteiger partial charge in [0, 0.05) is 16.3 Å². The van der Waals surface area contributed by atoms with Crippen molar-refractivity contribution >= 4 is 23.2 Å². The molecule has 0 aliphatic carbocycles. The Hall–Kier alpha value is -1.06. The van der Waals surface area contributed by atoms with Crippen molar-refractivity contribution in [3.63, 3.8) is 0 Å².